The molecule has 1 amide bonds. The van der Waals surface area contributed by atoms with Crippen molar-refractivity contribution < 1.29 is 14.7 Å². The molecule has 0 spiro atoms. The molecular formula is C31H46ClNO3S. The summed E-state index contributed by atoms with van der Waals surface area (Å²) in [6, 6.07) is 3.94. The quantitative estimate of drug-likeness (QED) is 0.389. The smallest absolute Gasteiger partial charge is 0.220 e. The van der Waals surface area contributed by atoms with Crippen LogP contribution in [0.3, 0.4) is 0 Å². The molecule has 4 saturated carbocycles. The van der Waals surface area contributed by atoms with Crippen molar-refractivity contribution in [3.05, 3.63) is 21.3 Å². The largest absolute Gasteiger partial charge is 0.393 e. The van der Waals surface area contributed by atoms with Gasteiger partial charge in [0.15, 0.2) is 0 Å². The summed E-state index contributed by atoms with van der Waals surface area (Å²) in [6.45, 7) is 11.5. The number of hydrogen-bond acceptors (Lipinski definition) is 4. The zero-order valence-electron chi connectivity index (χ0n) is 23.3. The van der Waals surface area contributed by atoms with E-state index >= 15 is 0 Å². The minimum absolute atomic E-state index is 0.00648. The third kappa shape index (κ3) is 4.84. The molecule has 0 aromatic carbocycles. The molecule has 0 unspecified atom stereocenters. The lowest BCUT2D eigenvalue weighted by Crippen LogP contribution is -2.58. The second-order valence-electron chi connectivity index (χ2n) is 13.9. The number of carbonyl (C=O) groups excluding carboxylic acids is 2. The Morgan fingerprint density at radius 1 is 1.14 bits per heavy atom. The maximum atomic E-state index is 13.3. The van der Waals surface area contributed by atoms with Gasteiger partial charge in [-0.1, -0.05) is 46.2 Å². The van der Waals surface area contributed by atoms with E-state index in [1.165, 1.54) is 6.42 Å². The van der Waals surface area contributed by atoms with Crippen LogP contribution in [0.4, 0.5) is 0 Å². The van der Waals surface area contributed by atoms with Crippen molar-refractivity contribution in [3.8, 4) is 0 Å². The number of Topliss-reactive ketones (excluding diaryl/α,β-unsaturated/α-hetero) is 1. The molecule has 4 fully saturated rings. The molecule has 1 heterocycles. The van der Waals surface area contributed by atoms with Gasteiger partial charge >= 0.3 is 0 Å². The number of hydrogen-bond donors (Lipinski definition) is 2. The van der Waals surface area contributed by atoms with E-state index in [2.05, 4.69) is 39.9 Å². The molecule has 37 heavy (non-hydrogen) atoms. The monoisotopic (exact) mass is 547 g/mol. The van der Waals surface area contributed by atoms with Crippen molar-refractivity contribution in [2.24, 2.45) is 52.3 Å². The molecule has 4 nitrogen and oxygen atoms in total. The lowest BCUT2D eigenvalue weighted by atomic mass is 9.44. The lowest BCUT2D eigenvalue weighted by molar-refractivity contribution is -0.169. The van der Waals surface area contributed by atoms with E-state index in [1.807, 2.05) is 12.1 Å². The van der Waals surface area contributed by atoms with Gasteiger partial charge in [-0.15, -0.1) is 11.3 Å². The minimum atomic E-state index is -0.291. The Morgan fingerprint density at radius 3 is 2.54 bits per heavy atom. The van der Waals surface area contributed by atoms with E-state index in [-0.39, 0.29) is 28.9 Å². The predicted molar refractivity (Wildman–Crippen MR) is 150 cm³/mol. The number of aliphatic hydroxyl groups is 1. The SMILES string of the molecule is CC(C)[C@@H](NC(=O)C[C@@H](C)[C@H]1CC[C@H]2[C@@H]3[C@@H](O)C[C@@H]4CC(=O)CC[C@]4(C)[C@H]3CC[C@]12C)c1ccc(Cl)s1. The number of rotatable bonds is 6. The van der Waals surface area contributed by atoms with E-state index < -0.39 is 0 Å². The number of ketones is 1. The molecule has 0 radical (unpaired) electrons. The highest BCUT2D eigenvalue weighted by Crippen LogP contribution is 2.68. The molecule has 1 aromatic rings. The Bertz CT molecular complexity index is 1020. The van der Waals surface area contributed by atoms with Crippen molar-refractivity contribution in [3.63, 3.8) is 0 Å². The molecule has 0 saturated heterocycles. The lowest BCUT2D eigenvalue weighted by Gasteiger charge is -2.61. The van der Waals surface area contributed by atoms with Gasteiger partial charge in [-0.25, -0.2) is 0 Å². The van der Waals surface area contributed by atoms with Crippen LogP contribution in [0.25, 0.3) is 0 Å². The summed E-state index contributed by atoms with van der Waals surface area (Å²) >= 11 is 7.73. The number of thiophene rings is 1. The van der Waals surface area contributed by atoms with Crippen LogP contribution in [0, 0.1) is 52.3 Å². The molecule has 10 atom stereocenters. The number of nitrogens with one attached hydrogen (secondary N) is 1. The maximum absolute atomic E-state index is 13.3. The Balaban J connectivity index is 1.28. The van der Waals surface area contributed by atoms with E-state index in [0.717, 1.165) is 47.7 Å². The van der Waals surface area contributed by atoms with Gasteiger partial charge in [-0.3, -0.25) is 9.59 Å². The number of fused-ring (bicyclic) bond motifs is 5. The molecule has 5 rings (SSSR count). The Labute approximate surface area is 232 Å². The van der Waals surface area contributed by atoms with Crippen molar-refractivity contribution in [2.75, 3.05) is 0 Å². The second kappa shape index (κ2) is 10.2. The van der Waals surface area contributed by atoms with Crippen LogP contribution in [-0.2, 0) is 9.59 Å². The first-order valence-corrected chi connectivity index (χ1v) is 15.9. The highest BCUT2D eigenvalue weighted by Gasteiger charge is 2.63. The summed E-state index contributed by atoms with van der Waals surface area (Å²) in [4.78, 5) is 26.6. The fourth-order valence-corrected chi connectivity index (χ4v) is 11.0. The van der Waals surface area contributed by atoms with Crippen molar-refractivity contribution in [2.45, 2.75) is 105 Å². The summed E-state index contributed by atoms with van der Waals surface area (Å²) in [6.07, 6.45) is 8.09. The van der Waals surface area contributed by atoms with Crippen LogP contribution in [-0.4, -0.2) is 22.9 Å². The number of halogens is 1. The standard InChI is InChI=1S/C31H46ClNO3S/c1-17(2)29(25-8-9-26(32)37-25)33-27(36)14-18(3)21-6-7-22-28-23(11-13-31(21,22)5)30(4)12-10-20(34)15-19(30)16-24(28)35/h8-9,17-19,21-24,28-29,35H,6-7,10-16H2,1-5H3,(H,33,36)/t18-,19+,21-,22+,23+,24+,28+,29-,30+,31-/m1/s1. The van der Waals surface area contributed by atoms with Crippen LogP contribution < -0.4 is 5.32 Å². The molecule has 206 valence electrons. The van der Waals surface area contributed by atoms with Gasteiger partial charge in [-0.2, -0.15) is 0 Å². The topological polar surface area (TPSA) is 66.4 Å². The Morgan fingerprint density at radius 2 is 1.86 bits per heavy atom. The first-order chi connectivity index (χ1) is 17.4. The summed E-state index contributed by atoms with van der Waals surface area (Å²) < 4.78 is 0.758. The predicted octanol–water partition coefficient (Wildman–Crippen LogP) is 7.44. The third-order valence-electron chi connectivity index (χ3n) is 11.7. The molecule has 6 heteroatoms. The van der Waals surface area contributed by atoms with Gasteiger partial charge in [0.05, 0.1) is 16.5 Å². The molecule has 0 aliphatic heterocycles. The third-order valence-corrected chi connectivity index (χ3v) is 13.0. The molecule has 0 bridgehead atoms. The van der Waals surface area contributed by atoms with E-state index in [9.17, 15) is 14.7 Å². The highest BCUT2D eigenvalue weighted by molar-refractivity contribution is 7.16. The Kier molecular flexibility index (Phi) is 7.66. The summed E-state index contributed by atoms with van der Waals surface area (Å²) in [5.74, 6) is 3.37. The molecular weight excluding hydrogens is 502 g/mol. The highest BCUT2D eigenvalue weighted by atomic mass is 35.5. The summed E-state index contributed by atoms with van der Waals surface area (Å²) in [7, 11) is 0. The Hall–Kier alpha value is -0.910. The van der Waals surface area contributed by atoms with Crippen LogP contribution in [0.5, 0.6) is 0 Å². The average molecular weight is 548 g/mol. The van der Waals surface area contributed by atoms with Gasteiger partial charge in [0.1, 0.15) is 5.78 Å². The molecule has 4 aliphatic rings. The fraction of sp³-hybridized carbons (Fsp3) is 0.806. The van der Waals surface area contributed by atoms with E-state index in [1.54, 1.807) is 11.3 Å². The van der Waals surface area contributed by atoms with Gasteiger partial charge < -0.3 is 10.4 Å². The summed E-state index contributed by atoms with van der Waals surface area (Å²) in [5, 5.41) is 14.8. The van der Waals surface area contributed by atoms with Crippen molar-refractivity contribution >= 4 is 34.6 Å². The van der Waals surface area contributed by atoms with Crippen LogP contribution in [0.15, 0.2) is 12.1 Å². The van der Waals surface area contributed by atoms with Gasteiger partial charge in [0.2, 0.25) is 5.91 Å². The minimum Gasteiger partial charge on any atom is -0.393 e. The first-order valence-electron chi connectivity index (χ1n) is 14.7. The fourth-order valence-electron chi connectivity index (χ4n) is 9.72. The molecule has 4 aliphatic carbocycles. The van der Waals surface area contributed by atoms with Crippen LogP contribution in [0.2, 0.25) is 4.34 Å². The molecule has 1 aromatic heterocycles. The van der Waals surface area contributed by atoms with Crippen LogP contribution >= 0.6 is 22.9 Å². The van der Waals surface area contributed by atoms with Gasteiger partial charge in [-0.05, 0) is 103 Å². The van der Waals surface area contributed by atoms with Crippen molar-refractivity contribution in [1.82, 2.24) is 5.32 Å². The van der Waals surface area contributed by atoms with E-state index in [4.69, 9.17) is 11.6 Å². The molecule has 2 N–H and O–H groups in total. The first kappa shape index (κ1) is 27.6. The zero-order valence-corrected chi connectivity index (χ0v) is 24.8. The second-order valence-corrected chi connectivity index (χ2v) is 15.6. The van der Waals surface area contributed by atoms with E-state index in [0.29, 0.717) is 60.1 Å². The summed E-state index contributed by atoms with van der Waals surface area (Å²) in [5.41, 5.74) is 0.369. The number of amides is 1. The number of aliphatic hydroxyl groups excluding tert-OH is 1. The maximum Gasteiger partial charge on any atom is 0.220 e. The average Bonchev–Trinajstić information content (AvgIpc) is 3.41. The number of carbonyl (C=O) groups is 2. The normalized spacial score (nSPS) is 41.0. The van der Waals surface area contributed by atoms with Crippen molar-refractivity contribution in [1.29, 1.82) is 0 Å². The van der Waals surface area contributed by atoms with Crippen LogP contribution in [0.1, 0.15) is 103 Å². The zero-order chi connectivity index (χ0) is 26.7. The van der Waals surface area contributed by atoms with Gasteiger partial charge in [0.25, 0.3) is 0 Å². The van der Waals surface area contributed by atoms with Gasteiger partial charge in [0, 0.05) is 24.1 Å².